The van der Waals surface area contributed by atoms with Gasteiger partial charge in [0.15, 0.2) is 22.8 Å². The molecule has 144 heavy (non-hydrogen) atoms. The maximum atomic E-state index is 10.2. The smallest absolute Gasteiger partial charge is 0.216 e. The van der Waals surface area contributed by atoms with Gasteiger partial charge >= 0.3 is 0 Å². The van der Waals surface area contributed by atoms with Crippen LogP contribution in [-0.2, 0) is 41.0 Å². The monoisotopic (exact) mass is 1910 g/mol. The second kappa shape index (κ2) is 39.7. The molecule has 22 rings (SSSR count). The summed E-state index contributed by atoms with van der Waals surface area (Å²) in [5, 5.41) is 45.9. The molecule has 2 fully saturated rings. The molecule has 0 aliphatic heterocycles. The molecule has 0 spiro atoms. The van der Waals surface area contributed by atoms with Crippen molar-refractivity contribution in [3.05, 3.63) is 353 Å². The molecule has 0 saturated heterocycles. The Balaban J connectivity index is 0.000000135. The van der Waals surface area contributed by atoms with Crippen molar-refractivity contribution in [1.29, 1.82) is 21.0 Å². The van der Waals surface area contributed by atoms with E-state index in [4.69, 9.17) is 45.1 Å². The van der Waals surface area contributed by atoms with E-state index >= 15 is 0 Å². The highest BCUT2D eigenvalue weighted by Crippen LogP contribution is 2.51. The van der Waals surface area contributed by atoms with Gasteiger partial charge in [0.1, 0.15) is 72.9 Å². The third kappa shape index (κ3) is 17.4. The molecule has 12 nitrogen and oxygen atoms in total. The molecule has 8 heterocycles. The topological polar surface area (TPSA) is 163 Å². The van der Waals surface area contributed by atoms with Crippen LogP contribution >= 0.6 is 0 Å². The number of aromatic nitrogens is 4. The molecule has 2 aliphatic rings. The molecule has 716 valence electrons. The van der Waals surface area contributed by atoms with Crippen LogP contribution in [0.1, 0.15) is 241 Å². The van der Waals surface area contributed by atoms with E-state index in [-0.39, 0.29) is 70.6 Å². The number of pyridine rings is 4. The van der Waals surface area contributed by atoms with Crippen LogP contribution in [-0.4, -0.2) is 0 Å². The Morgan fingerprint density at radius 3 is 0.917 bits per heavy atom. The molecule has 0 radical (unpaired) electrons. The minimum atomic E-state index is -0.451. The zero-order valence-corrected chi connectivity index (χ0v) is 86.0. The van der Waals surface area contributed by atoms with Gasteiger partial charge in [0.2, 0.25) is 22.8 Å². The molecular formula is C132H128N8O4+4. The van der Waals surface area contributed by atoms with Crippen molar-refractivity contribution < 1.29 is 63.4 Å². The maximum Gasteiger partial charge on any atom is 0.216 e. The van der Waals surface area contributed by atoms with Crippen LogP contribution in [0.3, 0.4) is 0 Å². The van der Waals surface area contributed by atoms with Gasteiger partial charge in [0.25, 0.3) is 0 Å². The molecule has 12 heteroatoms. The molecule has 8 aromatic heterocycles. The van der Waals surface area contributed by atoms with Gasteiger partial charge in [-0.2, -0.15) is 39.3 Å². The Kier molecular flexibility index (Phi) is 20.8. The summed E-state index contributed by atoms with van der Waals surface area (Å²) in [5.74, 6) is 2.04. The van der Waals surface area contributed by atoms with Gasteiger partial charge in [-0.15, -0.1) is 0 Å². The van der Waals surface area contributed by atoms with Crippen molar-refractivity contribution in [2.45, 2.75) is 201 Å². The van der Waals surface area contributed by atoms with Crippen molar-refractivity contribution in [2.75, 3.05) is 0 Å². The van der Waals surface area contributed by atoms with Gasteiger partial charge in [0.05, 0.1) is 96.2 Å². The zero-order chi connectivity index (χ0) is 119. The van der Waals surface area contributed by atoms with E-state index in [0.29, 0.717) is 157 Å². The molecular weight excluding hydrogens is 1760 g/mol. The predicted octanol–water partition coefficient (Wildman–Crippen LogP) is 32.5. The first-order valence-electron chi connectivity index (χ1n) is 59.6. The molecule has 0 bridgehead atoms. The van der Waals surface area contributed by atoms with Crippen LogP contribution in [0.4, 0.5) is 0 Å². The molecule has 0 N–H and O–H groups in total. The van der Waals surface area contributed by atoms with Crippen molar-refractivity contribution in [3.63, 3.8) is 0 Å². The third-order valence-electron chi connectivity index (χ3n) is 30.2. The van der Waals surface area contributed by atoms with Crippen LogP contribution < -0.4 is 18.3 Å². The fraction of sp³-hybridized carbons (Fsp3) is 0.273. The van der Waals surface area contributed by atoms with Crippen LogP contribution in [0.5, 0.6) is 0 Å². The summed E-state index contributed by atoms with van der Waals surface area (Å²) in [5.41, 5.74) is 33.9. The van der Waals surface area contributed by atoms with E-state index in [2.05, 4.69) is 162 Å². The van der Waals surface area contributed by atoms with E-state index < -0.39 is 72.5 Å². The summed E-state index contributed by atoms with van der Waals surface area (Å²) in [6, 6.07) is 38.0. The first-order valence-corrected chi connectivity index (χ1v) is 49.6. The maximum absolute atomic E-state index is 10.2. The lowest BCUT2D eigenvalue weighted by Crippen LogP contribution is -2.36. The Morgan fingerprint density at radius 2 is 0.597 bits per heavy atom. The van der Waals surface area contributed by atoms with Crippen molar-refractivity contribution >= 4 is 87.8 Å². The molecule has 0 unspecified atom stereocenters. The molecule has 20 aromatic rings. The lowest BCUT2D eigenvalue weighted by molar-refractivity contribution is -0.667. The highest BCUT2D eigenvalue weighted by atomic mass is 16.3. The molecule has 2 saturated carbocycles. The number of nitriles is 4. The van der Waals surface area contributed by atoms with Crippen LogP contribution in [0.2, 0.25) is 0 Å². The Bertz CT molecular complexity index is 10000. The summed E-state index contributed by atoms with van der Waals surface area (Å²) in [4.78, 5) is 0. The SMILES string of the molecule is [2H]c1c([2H])c([2H])c(-c2c(C)cc(C#N)c3c2oc2c(-c4cc(C5CCCC5)c(C)c(C)[n+]4C)c(C)ccc23)c([2H])c1[2H].[2H]c1c([2H])c([2H])c(-c2c(C)cc(C#N)c3c2oc2c(-c4cc(C5CCCC5)cc(C)[n+]4C)c(C)ccc23)c([2H])c1[2H].[2H]c1c([2H])c([2H])c(-c2c(C)cc(C#N)c3c2oc2c(-c4cc(CC(C)C)c(C)c(C)[n+]4C)c(C)ccc23)c([2H])c1[2H].[2H]c1c([2H])c([2H])c(-c2c(C)cc(C#N)c3c2oc2c(-c4cc(CC(C)C)cc(C)[n+]4C)c(C)ccc23)c([2H])c1[2H]. The number of hydrogen-bond donors (Lipinski definition) is 0. The first-order chi connectivity index (χ1) is 77.7. The second-order valence-corrected chi connectivity index (χ2v) is 40.2. The van der Waals surface area contributed by atoms with E-state index in [1.165, 1.54) is 90.4 Å². The van der Waals surface area contributed by atoms with Crippen LogP contribution in [0, 0.1) is 154 Å². The average Bonchev–Trinajstić information content (AvgIpc) is 1.57. The number of furan rings is 4. The number of benzene rings is 12. The highest BCUT2D eigenvalue weighted by Gasteiger charge is 2.35. The van der Waals surface area contributed by atoms with Crippen molar-refractivity contribution in [3.8, 4) is 114 Å². The fourth-order valence-corrected chi connectivity index (χ4v) is 22.4. The normalized spacial score (nSPS) is 14.8. The zero-order valence-electron chi connectivity index (χ0n) is 106. The minimum absolute atomic E-state index is 0.0654. The first kappa shape index (κ1) is 75.3. The number of fused-ring (bicyclic) bond motifs is 12. The van der Waals surface area contributed by atoms with Crippen molar-refractivity contribution in [2.24, 2.45) is 40.0 Å². The minimum Gasteiger partial charge on any atom is -0.454 e. The van der Waals surface area contributed by atoms with E-state index in [0.717, 1.165) is 119 Å². The quantitative estimate of drug-likeness (QED) is 0.0971. The van der Waals surface area contributed by atoms with Gasteiger partial charge in [-0.25, -0.2) is 0 Å². The van der Waals surface area contributed by atoms with Crippen molar-refractivity contribution in [1.82, 2.24) is 0 Å². The fourth-order valence-electron chi connectivity index (χ4n) is 22.4. The molecule has 12 aromatic carbocycles. The van der Waals surface area contributed by atoms with Crippen LogP contribution in [0.25, 0.3) is 177 Å². The summed E-state index contributed by atoms with van der Waals surface area (Å²) in [6.07, 6.45) is 11.6. The third-order valence-corrected chi connectivity index (χ3v) is 30.2. The molecule has 0 amide bonds. The van der Waals surface area contributed by atoms with Crippen LogP contribution in [0.15, 0.2) is 248 Å². The van der Waals surface area contributed by atoms with E-state index in [1.54, 1.807) is 52.0 Å². The Labute approximate surface area is 875 Å². The number of aryl methyl sites for hydroxylation is 10. The largest absolute Gasteiger partial charge is 0.454 e. The second-order valence-electron chi connectivity index (χ2n) is 40.2. The van der Waals surface area contributed by atoms with E-state index in [9.17, 15) is 21.0 Å². The number of rotatable bonds is 14. The van der Waals surface area contributed by atoms with Gasteiger partial charge in [-0.1, -0.05) is 223 Å². The average molecular weight is 1910 g/mol. The van der Waals surface area contributed by atoms with Gasteiger partial charge in [-0.3, -0.25) is 0 Å². The lowest BCUT2D eigenvalue weighted by Gasteiger charge is -2.16. The van der Waals surface area contributed by atoms with Gasteiger partial charge in [-0.05, 0) is 245 Å². The predicted molar refractivity (Wildman–Crippen MR) is 588 cm³/mol. The van der Waals surface area contributed by atoms with Gasteiger partial charge in [0, 0.05) is 141 Å². The standard InChI is InChI=1S/C34H33N2O.C33H31N2O.C33H33N2O.C32H31N2O/c1-20-15-16-27-32-26(19-35)17-21(2)30(25-13-7-6-8-14-25)34(32)37-33(27)31(20)29-18-28(24-11-9-10-12-24)22(3)23(4)36(29)5;1-20-14-15-27-31-26(19-34)16-21(2)29(24-12-6-5-7-13-24)33(31)36-32(27)30(20)28-18-25(17-22(3)35(28)4)23-10-8-9-11-23;1-19(2)15-25-17-28(35(7)23(6)22(25)5)30-20(3)13-14-27-31-26(18-34)16-21(4)29(33(31)36-32(27)30)24-11-9-8-10-12-24;1-19(2)14-23-16-22(5)34(6)27(17-23)29-20(3)12-13-26-30-25(18-33)15-21(4)28(32(30)35-31(26)29)24-10-8-7-9-11-24/h6-8,13-18,24H,9-12H2,1-5H3;5-7,12-18,23H,8-11H2,1-4H3;8-14,16-17,19H,15H2,1-7H3;7-13,15-17,19H,14H2,1-6H3/q4*+1/i6D,7D,8D,13D,14D;5D,6D,7D,12D,13D;8D,9D,10D,11D,12D;7D,8D,9D,10D,11D. The summed E-state index contributed by atoms with van der Waals surface area (Å²) in [6.45, 7) is 36.9. The molecule has 2 aliphatic carbocycles. The molecule has 0 atom stereocenters. The summed E-state index contributed by atoms with van der Waals surface area (Å²) < 4.78 is 203. The lowest BCUT2D eigenvalue weighted by atomic mass is 9.90. The Hall–Kier alpha value is -15.6. The number of hydrogen-bond acceptors (Lipinski definition) is 8. The van der Waals surface area contributed by atoms with E-state index in [1.807, 2.05) is 90.4 Å². The summed E-state index contributed by atoms with van der Waals surface area (Å²) in [7, 11) is 8.18. The Morgan fingerprint density at radius 1 is 0.306 bits per heavy atom. The highest BCUT2D eigenvalue weighted by molar-refractivity contribution is 6.20. The van der Waals surface area contributed by atoms with Gasteiger partial charge < -0.3 is 17.7 Å². The number of nitrogens with zero attached hydrogens (tertiary/aromatic N) is 8. The summed E-state index contributed by atoms with van der Waals surface area (Å²) >= 11 is 0.